The highest BCUT2D eigenvalue weighted by molar-refractivity contribution is 6.33. The van der Waals surface area contributed by atoms with Gasteiger partial charge in [0.15, 0.2) is 0 Å². The van der Waals surface area contributed by atoms with E-state index < -0.39 is 4.92 Å². The molecule has 1 saturated heterocycles. The van der Waals surface area contributed by atoms with Gasteiger partial charge in [-0.15, -0.1) is 0 Å². The van der Waals surface area contributed by atoms with Crippen LogP contribution in [0.4, 0.5) is 11.4 Å². The number of hydrogen-bond acceptors (Lipinski definition) is 3. The first-order chi connectivity index (χ1) is 11.5. The van der Waals surface area contributed by atoms with Crippen molar-refractivity contribution in [2.75, 3.05) is 31.1 Å². The Bertz CT molecular complexity index is 746. The van der Waals surface area contributed by atoms with E-state index in [-0.39, 0.29) is 5.69 Å². The molecular weight excluding hydrogens is 349 g/mol. The van der Waals surface area contributed by atoms with Crippen LogP contribution in [0.2, 0.25) is 10.0 Å². The number of halogens is 2. The molecule has 1 N–H and O–H groups in total. The summed E-state index contributed by atoms with van der Waals surface area (Å²) < 4.78 is 0. The summed E-state index contributed by atoms with van der Waals surface area (Å²) in [6.07, 6.45) is 0. The number of nitrogens with one attached hydrogen (secondary N) is 1. The van der Waals surface area contributed by atoms with Crippen molar-refractivity contribution in [3.05, 3.63) is 68.2 Å². The van der Waals surface area contributed by atoms with Crippen LogP contribution in [0.5, 0.6) is 0 Å². The number of piperazine rings is 1. The maximum atomic E-state index is 10.8. The first-order valence-electron chi connectivity index (χ1n) is 7.80. The summed E-state index contributed by atoms with van der Waals surface area (Å²) in [6, 6.07) is 12.6. The van der Waals surface area contributed by atoms with Crippen molar-refractivity contribution in [2.24, 2.45) is 0 Å². The lowest BCUT2D eigenvalue weighted by molar-refractivity contribution is -0.914. The lowest BCUT2D eigenvalue weighted by atomic mass is 10.2. The average molecular weight is 367 g/mol. The first kappa shape index (κ1) is 17.0. The number of non-ortho nitro benzene ring substituents is 1. The van der Waals surface area contributed by atoms with E-state index in [9.17, 15) is 10.1 Å². The molecule has 24 heavy (non-hydrogen) atoms. The number of hydrogen-bond donors (Lipinski definition) is 1. The van der Waals surface area contributed by atoms with Gasteiger partial charge in [-0.1, -0.05) is 35.3 Å². The van der Waals surface area contributed by atoms with Crippen LogP contribution in [-0.2, 0) is 6.54 Å². The van der Waals surface area contributed by atoms with Crippen molar-refractivity contribution in [3.63, 3.8) is 0 Å². The zero-order valence-electron chi connectivity index (χ0n) is 13.0. The zero-order valence-corrected chi connectivity index (χ0v) is 14.6. The van der Waals surface area contributed by atoms with Gasteiger partial charge in [-0.05, 0) is 18.2 Å². The Morgan fingerprint density at radius 1 is 1.12 bits per heavy atom. The summed E-state index contributed by atoms with van der Waals surface area (Å²) in [5, 5.41) is 12.0. The minimum absolute atomic E-state index is 0.0222. The number of benzene rings is 2. The van der Waals surface area contributed by atoms with Crippen molar-refractivity contribution < 1.29 is 9.82 Å². The van der Waals surface area contributed by atoms with E-state index in [0.29, 0.717) is 5.02 Å². The van der Waals surface area contributed by atoms with E-state index in [1.807, 2.05) is 18.2 Å². The maximum Gasteiger partial charge on any atom is 0.271 e. The second-order valence-electron chi connectivity index (χ2n) is 5.94. The SMILES string of the molecule is O=[N+]([O-])c1ccc(N2CC[NH+](Cc3cccc(Cl)c3)CC2)c(Cl)c1. The molecule has 0 saturated carbocycles. The third-order valence-corrected chi connectivity index (χ3v) is 4.83. The molecular formula is C17H18Cl2N3O2+. The molecule has 0 unspecified atom stereocenters. The van der Waals surface area contributed by atoms with Crippen molar-refractivity contribution in [1.29, 1.82) is 0 Å². The molecule has 0 spiro atoms. The van der Waals surface area contributed by atoms with E-state index in [1.165, 1.54) is 22.6 Å². The molecule has 126 valence electrons. The Balaban J connectivity index is 1.62. The molecule has 3 rings (SSSR count). The lowest BCUT2D eigenvalue weighted by Gasteiger charge is -2.34. The smallest absolute Gasteiger partial charge is 0.271 e. The minimum atomic E-state index is -0.428. The maximum absolute atomic E-state index is 10.8. The van der Waals surface area contributed by atoms with Gasteiger partial charge in [0.25, 0.3) is 5.69 Å². The first-order valence-corrected chi connectivity index (χ1v) is 8.55. The van der Waals surface area contributed by atoms with Gasteiger partial charge in [0.1, 0.15) is 6.54 Å². The molecule has 7 heteroatoms. The summed E-state index contributed by atoms with van der Waals surface area (Å²) >= 11 is 12.3. The van der Waals surface area contributed by atoms with Crippen molar-refractivity contribution >= 4 is 34.6 Å². The van der Waals surface area contributed by atoms with Gasteiger partial charge in [0.05, 0.1) is 41.8 Å². The van der Waals surface area contributed by atoms with Gasteiger partial charge >= 0.3 is 0 Å². The minimum Gasteiger partial charge on any atom is -0.359 e. The number of quaternary nitrogens is 1. The van der Waals surface area contributed by atoms with Gasteiger partial charge in [-0.3, -0.25) is 10.1 Å². The third-order valence-electron chi connectivity index (χ3n) is 4.30. The molecule has 1 fully saturated rings. The number of rotatable bonds is 4. The van der Waals surface area contributed by atoms with Gasteiger partial charge in [0.2, 0.25) is 0 Å². The second-order valence-corrected chi connectivity index (χ2v) is 6.78. The van der Waals surface area contributed by atoms with Crippen molar-refractivity contribution in [2.45, 2.75) is 6.54 Å². The van der Waals surface area contributed by atoms with Gasteiger partial charge < -0.3 is 9.80 Å². The van der Waals surface area contributed by atoms with E-state index in [2.05, 4.69) is 11.0 Å². The van der Waals surface area contributed by atoms with Crippen LogP contribution in [0.1, 0.15) is 5.56 Å². The summed E-state index contributed by atoms with van der Waals surface area (Å²) in [5.41, 5.74) is 2.12. The molecule has 0 radical (unpaired) electrons. The van der Waals surface area contributed by atoms with Crippen LogP contribution in [0, 0.1) is 10.1 Å². The predicted octanol–water partition coefficient (Wildman–Crippen LogP) is 2.81. The predicted molar refractivity (Wildman–Crippen MR) is 96.2 cm³/mol. The molecule has 1 aliphatic rings. The Hall–Kier alpha value is -1.82. The molecule has 2 aromatic carbocycles. The molecule has 5 nitrogen and oxygen atoms in total. The normalized spacial score (nSPS) is 15.5. The van der Waals surface area contributed by atoms with E-state index >= 15 is 0 Å². The fourth-order valence-corrected chi connectivity index (χ4v) is 3.55. The molecule has 0 amide bonds. The molecule has 1 aliphatic heterocycles. The van der Waals surface area contributed by atoms with Crippen LogP contribution in [0.3, 0.4) is 0 Å². The van der Waals surface area contributed by atoms with Crippen LogP contribution >= 0.6 is 23.2 Å². The van der Waals surface area contributed by atoms with Crippen LogP contribution in [0.15, 0.2) is 42.5 Å². The van der Waals surface area contributed by atoms with E-state index in [0.717, 1.165) is 43.4 Å². The standard InChI is InChI=1S/C17H17Cl2N3O2/c18-14-3-1-2-13(10-14)12-20-6-8-21(9-7-20)17-5-4-15(22(23)24)11-16(17)19/h1-5,10-11H,6-9,12H2/p+1. The monoisotopic (exact) mass is 366 g/mol. The van der Waals surface area contributed by atoms with Crippen molar-refractivity contribution in [3.8, 4) is 0 Å². The number of nitro groups is 1. The van der Waals surface area contributed by atoms with E-state index in [4.69, 9.17) is 23.2 Å². The number of anilines is 1. The Morgan fingerprint density at radius 3 is 2.50 bits per heavy atom. The number of nitrogens with zero attached hydrogens (tertiary/aromatic N) is 2. The molecule has 0 atom stereocenters. The Kier molecular flexibility index (Phi) is 5.23. The highest BCUT2D eigenvalue weighted by Gasteiger charge is 2.22. The largest absolute Gasteiger partial charge is 0.359 e. The van der Waals surface area contributed by atoms with Crippen LogP contribution in [-0.4, -0.2) is 31.1 Å². The topological polar surface area (TPSA) is 50.8 Å². The molecule has 0 aromatic heterocycles. The summed E-state index contributed by atoms with van der Waals surface area (Å²) in [5.74, 6) is 0. The van der Waals surface area contributed by atoms with Crippen LogP contribution in [0.25, 0.3) is 0 Å². The molecule has 2 aromatic rings. The summed E-state index contributed by atoms with van der Waals surface area (Å²) in [6.45, 7) is 4.66. The molecule has 1 heterocycles. The van der Waals surface area contributed by atoms with E-state index in [1.54, 1.807) is 6.07 Å². The molecule has 0 aliphatic carbocycles. The molecule has 0 bridgehead atoms. The number of nitro benzene ring substituents is 1. The fourth-order valence-electron chi connectivity index (χ4n) is 3.04. The van der Waals surface area contributed by atoms with Gasteiger partial charge in [0, 0.05) is 22.7 Å². The highest BCUT2D eigenvalue weighted by atomic mass is 35.5. The lowest BCUT2D eigenvalue weighted by Crippen LogP contribution is -3.13. The fraction of sp³-hybridized carbons (Fsp3) is 0.294. The van der Waals surface area contributed by atoms with Crippen molar-refractivity contribution in [1.82, 2.24) is 0 Å². The Morgan fingerprint density at radius 2 is 1.88 bits per heavy atom. The Labute approximate surface area is 150 Å². The van der Waals surface area contributed by atoms with Gasteiger partial charge in [-0.25, -0.2) is 0 Å². The van der Waals surface area contributed by atoms with Crippen LogP contribution < -0.4 is 9.80 Å². The van der Waals surface area contributed by atoms with Gasteiger partial charge in [-0.2, -0.15) is 0 Å². The zero-order chi connectivity index (χ0) is 17.1. The highest BCUT2D eigenvalue weighted by Crippen LogP contribution is 2.29. The summed E-state index contributed by atoms with van der Waals surface area (Å²) in [4.78, 5) is 14.1. The summed E-state index contributed by atoms with van der Waals surface area (Å²) in [7, 11) is 0. The third kappa shape index (κ3) is 3.98. The quantitative estimate of drug-likeness (QED) is 0.668. The average Bonchev–Trinajstić information content (AvgIpc) is 2.55. The second kappa shape index (κ2) is 7.38.